The van der Waals surface area contributed by atoms with Crippen molar-refractivity contribution in [2.24, 2.45) is 0 Å². The van der Waals surface area contributed by atoms with Crippen molar-refractivity contribution in [1.29, 1.82) is 0 Å². The Morgan fingerprint density at radius 2 is 1.71 bits per heavy atom. The molecule has 2 atom stereocenters. The molecule has 110 valence electrons. The van der Waals surface area contributed by atoms with Crippen molar-refractivity contribution in [3.63, 3.8) is 0 Å². The number of benzene rings is 1. The number of carbonyl (C=O) groups is 1. The number of hydrogen-bond donors (Lipinski definition) is 1. The van der Waals surface area contributed by atoms with Gasteiger partial charge in [0.15, 0.2) is 0 Å². The lowest BCUT2D eigenvalue weighted by Crippen LogP contribution is -2.33. The highest BCUT2D eigenvalue weighted by molar-refractivity contribution is 8.00. The van der Waals surface area contributed by atoms with Crippen LogP contribution in [0.15, 0.2) is 53.7 Å². The molecule has 0 bridgehead atoms. The molecule has 21 heavy (non-hydrogen) atoms. The van der Waals surface area contributed by atoms with Crippen molar-refractivity contribution in [1.82, 2.24) is 10.3 Å². The van der Waals surface area contributed by atoms with Crippen LogP contribution in [-0.2, 0) is 4.79 Å². The third-order valence-electron chi connectivity index (χ3n) is 3.27. The highest BCUT2D eigenvalue weighted by atomic mass is 32.2. The number of amides is 1. The number of aryl methyl sites for hydroxylation is 1. The van der Waals surface area contributed by atoms with Crippen LogP contribution in [-0.4, -0.2) is 16.1 Å². The predicted molar refractivity (Wildman–Crippen MR) is 87.3 cm³/mol. The Morgan fingerprint density at radius 3 is 2.33 bits per heavy atom. The lowest BCUT2D eigenvalue weighted by Gasteiger charge is -2.17. The topological polar surface area (TPSA) is 42.0 Å². The molecule has 0 radical (unpaired) electrons. The fraction of sp³-hybridized carbons (Fsp3) is 0.294. The van der Waals surface area contributed by atoms with Gasteiger partial charge in [-0.2, -0.15) is 0 Å². The van der Waals surface area contributed by atoms with E-state index < -0.39 is 0 Å². The van der Waals surface area contributed by atoms with E-state index in [9.17, 15) is 4.79 Å². The molecule has 0 saturated carbocycles. The van der Waals surface area contributed by atoms with E-state index in [2.05, 4.69) is 41.5 Å². The molecule has 0 aliphatic rings. The first kappa shape index (κ1) is 15.6. The van der Waals surface area contributed by atoms with Crippen LogP contribution in [0.3, 0.4) is 0 Å². The summed E-state index contributed by atoms with van der Waals surface area (Å²) in [6.07, 6.45) is 3.48. The maximum atomic E-state index is 12.3. The van der Waals surface area contributed by atoms with Gasteiger partial charge in [-0.3, -0.25) is 9.78 Å². The van der Waals surface area contributed by atoms with E-state index in [4.69, 9.17) is 0 Å². The summed E-state index contributed by atoms with van der Waals surface area (Å²) in [6, 6.07) is 12.1. The van der Waals surface area contributed by atoms with E-state index >= 15 is 0 Å². The summed E-state index contributed by atoms with van der Waals surface area (Å²) in [6.45, 7) is 5.97. The molecule has 2 rings (SSSR count). The van der Waals surface area contributed by atoms with Crippen molar-refractivity contribution in [2.75, 3.05) is 0 Å². The lowest BCUT2D eigenvalue weighted by molar-refractivity contribution is -0.120. The number of carbonyl (C=O) groups excluding carboxylic acids is 1. The molecular formula is C17H20N2OS. The summed E-state index contributed by atoms with van der Waals surface area (Å²) < 4.78 is 0. The molecule has 0 saturated heterocycles. The van der Waals surface area contributed by atoms with E-state index in [0.717, 1.165) is 10.5 Å². The first-order valence-corrected chi connectivity index (χ1v) is 7.88. The third kappa shape index (κ3) is 4.60. The number of nitrogens with zero attached hydrogens (tertiary/aromatic N) is 1. The summed E-state index contributed by atoms with van der Waals surface area (Å²) in [4.78, 5) is 17.3. The molecule has 0 spiro atoms. The number of pyridine rings is 1. The Balaban J connectivity index is 1.92. The fourth-order valence-electron chi connectivity index (χ4n) is 1.94. The highest BCUT2D eigenvalue weighted by Gasteiger charge is 2.17. The van der Waals surface area contributed by atoms with Gasteiger partial charge in [0.25, 0.3) is 0 Å². The van der Waals surface area contributed by atoms with Gasteiger partial charge in [-0.1, -0.05) is 17.7 Å². The van der Waals surface area contributed by atoms with Gasteiger partial charge in [-0.05, 0) is 50.6 Å². The fourth-order valence-corrected chi connectivity index (χ4v) is 2.82. The molecule has 4 heteroatoms. The maximum absolute atomic E-state index is 12.3. The smallest absolute Gasteiger partial charge is 0.233 e. The van der Waals surface area contributed by atoms with Gasteiger partial charge in [-0.15, -0.1) is 11.8 Å². The Bertz CT molecular complexity index is 583. The van der Waals surface area contributed by atoms with Crippen molar-refractivity contribution >= 4 is 17.7 Å². The molecule has 1 aromatic heterocycles. The first-order chi connectivity index (χ1) is 10.1. The highest BCUT2D eigenvalue weighted by Crippen LogP contribution is 2.24. The minimum atomic E-state index is -0.128. The lowest BCUT2D eigenvalue weighted by atomic mass is 10.1. The number of thioether (sulfide) groups is 1. The minimum Gasteiger partial charge on any atom is -0.349 e. The van der Waals surface area contributed by atoms with Crippen molar-refractivity contribution in [3.05, 3.63) is 59.9 Å². The van der Waals surface area contributed by atoms with E-state index in [1.54, 1.807) is 24.2 Å². The number of rotatable bonds is 5. The Hall–Kier alpha value is -1.81. The summed E-state index contributed by atoms with van der Waals surface area (Å²) in [5.41, 5.74) is 2.29. The zero-order valence-electron chi connectivity index (χ0n) is 12.5. The number of aromatic nitrogens is 1. The average Bonchev–Trinajstić information content (AvgIpc) is 2.50. The normalized spacial score (nSPS) is 13.5. The standard InChI is InChI=1S/C17H20N2OS/c1-12-4-6-16(7-5-12)21-14(3)17(20)19-13(2)15-8-10-18-11-9-15/h4-11,13-14H,1-3H3,(H,19,20). The first-order valence-electron chi connectivity index (χ1n) is 7.00. The van der Waals surface area contributed by atoms with Gasteiger partial charge in [0.2, 0.25) is 5.91 Å². The Morgan fingerprint density at radius 1 is 1.10 bits per heavy atom. The van der Waals surface area contributed by atoms with Crippen LogP contribution < -0.4 is 5.32 Å². The molecule has 1 N–H and O–H groups in total. The van der Waals surface area contributed by atoms with Gasteiger partial charge >= 0.3 is 0 Å². The largest absolute Gasteiger partial charge is 0.349 e. The van der Waals surface area contributed by atoms with E-state index in [-0.39, 0.29) is 17.2 Å². The molecular weight excluding hydrogens is 280 g/mol. The zero-order valence-corrected chi connectivity index (χ0v) is 13.4. The zero-order chi connectivity index (χ0) is 15.2. The van der Waals surface area contributed by atoms with Crippen molar-refractivity contribution in [3.8, 4) is 0 Å². The molecule has 0 aliphatic heterocycles. The van der Waals surface area contributed by atoms with E-state index in [0.29, 0.717) is 0 Å². The van der Waals surface area contributed by atoms with Crippen LogP contribution in [0.25, 0.3) is 0 Å². The van der Waals surface area contributed by atoms with Crippen LogP contribution in [0.4, 0.5) is 0 Å². The van der Waals surface area contributed by atoms with Crippen LogP contribution >= 0.6 is 11.8 Å². The molecule has 0 aliphatic carbocycles. The quantitative estimate of drug-likeness (QED) is 0.855. The second-order valence-electron chi connectivity index (χ2n) is 5.08. The van der Waals surface area contributed by atoms with E-state index in [1.807, 2.05) is 26.0 Å². The molecule has 1 heterocycles. The SMILES string of the molecule is Cc1ccc(SC(C)C(=O)NC(C)c2ccncc2)cc1. The van der Waals surface area contributed by atoms with Crippen molar-refractivity contribution < 1.29 is 4.79 Å². The van der Waals surface area contributed by atoms with Crippen LogP contribution in [0.5, 0.6) is 0 Å². The minimum absolute atomic E-state index is 0.0124. The molecule has 2 unspecified atom stereocenters. The van der Waals surface area contributed by atoms with Gasteiger partial charge in [-0.25, -0.2) is 0 Å². The monoisotopic (exact) mass is 300 g/mol. The summed E-state index contributed by atoms with van der Waals surface area (Å²) in [7, 11) is 0. The van der Waals surface area contributed by atoms with Gasteiger partial charge in [0.1, 0.15) is 0 Å². The molecule has 3 nitrogen and oxygen atoms in total. The molecule has 1 aromatic carbocycles. The second kappa shape index (κ2) is 7.27. The van der Waals surface area contributed by atoms with E-state index in [1.165, 1.54) is 5.56 Å². The second-order valence-corrected chi connectivity index (χ2v) is 6.50. The Labute approximate surface area is 130 Å². The molecule has 2 aromatic rings. The predicted octanol–water partition coefficient (Wildman–Crippen LogP) is 3.75. The summed E-state index contributed by atoms with van der Waals surface area (Å²) in [5, 5.41) is 2.91. The molecule has 0 fully saturated rings. The van der Waals surface area contributed by atoms with Crippen LogP contribution in [0, 0.1) is 6.92 Å². The third-order valence-corrected chi connectivity index (χ3v) is 4.38. The van der Waals surface area contributed by atoms with Crippen LogP contribution in [0.2, 0.25) is 0 Å². The van der Waals surface area contributed by atoms with Gasteiger partial charge < -0.3 is 5.32 Å². The van der Waals surface area contributed by atoms with Crippen LogP contribution in [0.1, 0.15) is 31.0 Å². The number of hydrogen-bond acceptors (Lipinski definition) is 3. The number of nitrogens with one attached hydrogen (secondary N) is 1. The molecule has 1 amide bonds. The average molecular weight is 300 g/mol. The maximum Gasteiger partial charge on any atom is 0.233 e. The van der Waals surface area contributed by atoms with Gasteiger partial charge in [0, 0.05) is 17.3 Å². The summed E-state index contributed by atoms with van der Waals surface area (Å²) in [5.74, 6) is 0.0462. The Kier molecular flexibility index (Phi) is 5.39. The van der Waals surface area contributed by atoms with Crippen molar-refractivity contribution in [2.45, 2.75) is 37.0 Å². The summed E-state index contributed by atoms with van der Waals surface area (Å²) >= 11 is 1.57. The van der Waals surface area contributed by atoms with Gasteiger partial charge in [0.05, 0.1) is 11.3 Å².